The number of aromatic nitrogens is 2. The molecule has 112 valence electrons. The van der Waals surface area contributed by atoms with Gasteiger partial charge in [-0.25, -0.2) is 0 Å². The molecule has 0 atom stereocenters. The van der Waals surface area contributed by atoms with E-state index in [1.54, 1.807) is 16.8 Å². The zero-order valence-electron chi connectivity index (χ0n) is 12.0. The van der Waals surface area contributed by atoms with Crippen molar-refractivity contribution in [3.8, 4) is 11.5 Å². The lowest BCUT2D eigenvalue weighted by Gasteiger charge is -2.14. The number of rotatable bonds is 7. The summed E-state index contributed by atoms with van der Waals surface area (Å²) in [6, 6.07) is 3.40. The van der Waals surface area contributed by atoms with Crippen molar-refractivity contribution in [3.05, 3.63) is 40.1 Å². The number of benzene rings is 1. The zero-order valence-corrected chi connectivity index (χ0v) is 13.6. The van der Waals surface area contributed by atoms with Crippen LogP contribution in [-0.2, 0) is 13.5 Å². The fourth-order valence-electron chi connectivity index (χ4n) is 1.93. The largest absolute Gasteiger partial charge is 0.490 e. The monoisotopic (exact) mass is 352 g/mol. The Hall–Kier alpha value is -1.82. The molecule has 6 heteroatoms. The SMILES string of the molecule is CCOc1cc(C=O)cc(Br)c1OCCc1cnn(C)c1. The lowest BCUT2D eigenvalue weighted by molar-refractivity contribution is 0.112. The highest BCUT2D eigenvalue weighted by molar-refractivity contribution is 9.10. The first-order valence-electron chi connectivity index (χ1n) is 6.66. The third kappa shape index (κ3) is 4.07. The summed E-state index contributed by atoms with van der Waals surface area (Å²) in [4.78, 5) is 10.9. The average molecular weight is 353 g/mol. The van der Waals surface area contributed by atoms with E-state index >= 15 is 0 Å². The molecule has 0 fully saturated rings. The molecule has 0 saturated heterocycles. The Balaban J connectivity index is 2.09. The van der Waals surface area contributed by atoms with E-state index in [4.69, 9.17) is 9.47 Å². The molecule has 5 nitrogen and oxygen atoms in total. The van der Waals surface area contributed by atoms with Gasteiger partial charge in [-0.1, -0.05) is 0 Å². The summed E-state index contributed by atoms with van der Waals surface area (Å²) in [6.07, 6.45) is 5.31. The molecule has 1 aromatic heterocycles. The van der Waals surface area contributed by atoms with E-state index < -0.39 is 0 Å². The van der Waals surface area contributed by atoms with Gasteiger partial charge in [0.15, 0.2) is 11.5 Å². The summed E-state index contributed by atoms with van der Waals surface area (Å²) in [7, 11) is 1.88. The van der Waals surface area contributed by atoms with Crippen LogP contribution in [-0.4, -0.2) is 29.3 Å². The fraction of sp³-hybridized carbons (Fsp3) is 0.333. The Morgan fingerprint density at radius 1 is 1.38 bits per heavy atom. The molecule has 0 spiro atoms. The van der Waals surface area contributed by atoms with Gasteiger partial charge in [-0.3, -0.25) is 9.48 Å². The second-order valence-corrected chi connectivity index (χ2v) is 5.36. The maximum Gasteiger partial charge on any atom is 0.175 e. The predicted octanol–water partition coefficient (Wildman–Crippen LogP) is 3.02. The maximum atomic E-state index is 10.9. The number of hydrogen-bond donors (Lipinski definition) is 0. The van der Waals surface area contributed by atoms with Crippen molar-refractivity contribution in [3.63, 3.8) is 0 Å². The van der Waals surface area contributed by atoms with Crippen LogP contribution in [0.25, 0.3) is 0 Å². The average Bonchev–Trinajstić information content (AvgIpc) is 2.87. The lowest BCUT2D eigenvalue weighted by atomic mass is 10.2. The number of halogens is 1. The molecule has 0 aliphatic carbocycles. The normalized spacial score (nSPS) is 10.4. The van der Waals surface area contributed by atoms with Crippen LogP contribution in [0.15, 0.2) is 29.0 Å². The fourth-order valence-corrected chi connectivity index (χ4v) is 2.51. The van der Waals surface area contributed by atoms with Crippen molar-refractivity contribution in [2.24, 2.45) is 7.05 Å². The molecular formula is C15H17BrN2O3. The third-order valence-corrected chi connectivity index (χ3v) is 3.45. The molecule has 0 aliphatic rings. The first kappa shape index (κ1) is 15.6. The Labute approximate surface area is 132 Å². The quantitative estimate of drug-likeness (QED) is 0.718. The van der Waals surface area contributed by atoms with Crippen molar-refractivity contribution >= 4 is 22.2 Å². The second kappa shape index (κ2) is 7.26. The minimum Gasteiger partial charge on any atom is -0.490 e. The van der Waals surface area contributed by atoms with Gasteiger partial charge in [-0.15, -0.1) is 0 Å². The van der Waals surface area contributed by atoms with Crippen molar-refractivity contribution in [2.45, 2.75) is 13.3 Å². The van der Waals surface area contributed by atoms with Crippen LogP contribution in [0.1, 0.15) is 22.8 Å². The number of aldehydes is 1. The molecule has 1 heterocycles. The molecule has 0 amide bonds. The maximum absolute atomic E-state index is 10.9. The standard InChI is InChI=1S/C15H17BrN2O3/c1-3-20-14-7-12(10-19)6-13(16)15(14)21-5-4-11-8-17-18(2)9-11/h6-10H,3-5H2,1-2H3. The van der Waals surface area contributed by atoms with E-state index in [1.165, 1.54) is 0 Å². The van der Waals surface area contributed by atoms with Crippen LogP contribution < -0.4 is 9.47 Å². The molecule has 2 aromatic rings. The van der Waals surface area contributed by atoms with Crippen molar-refractivity contribution in [1.82, 2.24) is 9.78 Å². The van der Waals surface area contributed by atoms with Crippen LogP contribution in [0.4, 0.5) is 0 Å². The predicted molar refractivity (Wildman–Crippen MR) is 83.1 cm³/mol. The highest BCUT2D eigenvalue weighted by Gasteiger charge is 2.12. The lowest BCUT2D eigenvalue weighted by Crippen LogP contribution is -2.04. The van der Waals surface area contributed by atoms with Crippen LogP contribution >= 0.6 is 15.9 Å². The van der Waals surface area contributed by atoms with E-state index in [-0.39, 0.29) is 0 Å². The van der Waals surface area contributed by atoms with E-state index in [9.17, 15) is 4.79 Å². The number of nitrogens with zero attached hydrogens (tertiary/aromatic N) is 2. The van der Waals surface area contributed by atoms with Gasteiger partial charge in [0.2, 0.25) is 0 Å². The van der Waals surface area contributed by atoms with Gasteiger partial charge < -0.3 is 9.47 Å². The van der Waals surface area contributed by atoms with Crippen LogP contribution in [0, 0.1) is 0 Å². The molecule has 2 rings (SSSR count). The van der Waals surface area contributed by atoms with E-state index in [1.807, 2.05) is 26.4 Å². The molecule has 0 bridgehead atoms. The Bertz CT molecular complexity index is 625. The summed E-state index contributed by atoms with van der Waals surface area (Å²) in [5, 5.41) is 4.12. The molecule has 21 heavy (non-hydrogen) atoms. The number of carbonyl (C=O) groups is 1. The van der Waals surface area contributed by atoms with Crippen molar-refractivity contribution in [2.75, 3.05) is 13.2 Å². The Kier molecular flexibility index (Phi) is 5.38. The molecule has 0 aliphatic heterocycles. The van der Waals surface area contributed by atoms with Gasteiger partial charge in [0.05, 0.1) is 23.9 Å². The van der Waals surface area contributed by atoms with Gasteiger partial charge in [0.1, 0.15) is 6.29 Å². The van der Waals surface area contributed by atoms with Gasteiger partial charge in [0.25, 0.3) is 0 Å². The number of hydrogen-bond acceptors (Lipinski definition) is 4. The summed E-state index contributed by atoms with van der Waals surface area (Å²) in [5.74, 6) is 1.19. The van der Waals surface area contributed by atoms with E-state index in [2.05, 4.69) is 21.0 Å². The van der Waals surface area contributed by atoms with Crippen LogP contribution in [0.5, 0.6) is 11.5 Å². The van der Waals surface area contributed by atoms with Gasteiger partial charge in [-0.05, 0) is 40.5 Å². The van der Waals surface area contributed by atoms with Gasteiger partial charge >= 0.3 is 0 Å². The first-order chi connectivity index (χ1) is 10.1. The topological polar surface area (TPSA) is 53.4 Å². The number of carbonyl (C=O) groups excluding carboxylic acids is 1. The molecule has 0 radical (unpaired) electrons. The van der Waals surface area contributed by atoms with Crippen LogP contribution in [0.2, 0.25) is 0 Å². The zero-order chi connectivity index (χ0) is 15.2. The minimum absolute atomic E-state index is 0.505. The molecule has 0 N–H and O–H groups in total. The third-order valence-electron chi connectivity index (χ3n) is 2.86. The molecule has 0 unspecified atom stereocenters. The number of aryl methyl sites for hydroxylation is 1. The van der Waals surface area contributed by atoms with Gasteiger partial charge in [-0.2, -0.15) is 5.10 Å². The van der Waals surface area contributed by atoms with Gasteiger partial charge in [0, 0.05) is 25.2 Å². The Morgan fingerprint density at radius 2 is 2.19 bits per heavy atom. The molecular weight excluding hydrogens is 336 g/mol. The second-order valence-electron chi connectivity index (χ2n) is 4.50. The Morgan fingerprint density at radius 3 is 2.81 bits per heavy atom. The summed E-state index contributed by atoms with van der Waals surface area (Å²) in [6.45, 7) is 2.90. The molecule has 1 aromatic carbocycles. The first-order valence-corrected chi connectivity index (χ1v) is 7.45. The summed E-state index contributed by atoms with van der Waals surface area (Å²) >= 11 is 3.42. The van der Waals surface area contributed by atoms with Crippen LogP contribution in [0.3, 0.4) is 0 Å². The van der Waals surface area contributed by atoms with Crippen molar-refractivity contribution < 1.29 is 14.3 Å². The highest BCUT2D eigenvalue weighted by atomic mass is 79.9. The smallest absolute Gasteiger partial charge is 0.175 e. The highest BCUT2D eigenvalue weighted by Crippen LogP contribution is 2.36. The van der Waals surface area contributed by atoms with E-state index in [0.717, 1.165) is 18.3 Å². The van der Waals surface area contributed by atoms with Crippen molar-refractivity contribution in [1.29, 1.82) is 0 Å². The summed E-state index contributed by atoms with van der Waals surface area (Å²) in [5.41, 5.74) is 1.65. The molecule has 0 saturated carbocycles. The summed E-state index contributed by atoms with van der Waals surface area (Å²) < 4.78 is 13.8. The number of ether oxygens (including phenoxy) is 2. The van der Waals surface area contributed by atoms with E-state index in [0.29, 0.717) is 34.7 Å². The minimum atomic E-state index is 0.505.